The van der Waals surface area contributed by atoms with Crippen molar-refractivity contribution in [2.24, 2.45) is 0 Å². The lowest BCUT2D eigenvalue weighted by Gasteiger charge is -2.05. The highest BCUT2D eigenvalue weighted by atomic mass is 32.2. The fraction of sp³-hybridized carbons (Fsp3) is 0.357. The summed E-state index contributed by atoms with van der Waals surface area (Å²) < 4.78 is 13.7. The number of benzene rings is 1. The molecule has 0 bridgehead atoms. The van der Waals surface area contributed by atoms with Crippen LogP contribution in [-0.4, -0.2) is 29.6 Å². The van der Waals surface area contributed by atoms with Crippen LogP contribution < -0.4 is 5.32 Å². The quantitative estimate of drug-likeness (QED) is 0.814. The van der Waals surface area contributed by atoms with Crippen LogP contribution in [0.1, 0.15) is 18.4 Å². The molecule has 0 radical (unpaired) electrons. The second-order valence-corrected chi connectivity index (χ2v) is 4.75. The van der Waals surface area contributed by atoms with E-state index >= 15 is 0 Å². The standard InChI is InChI=1S/C14H16FNO2S/c1-19-9-7-14(18)16-12-6-5-11(13(15)10-12)4-2-3-8-17/h5-6,10,17H,3,7-9H2,1H3,(H,16,18). The number of hydrogen-bond acceptors (Lipinski definition) is 3. The predicted octanol–water partition coefficient (Wildman–Crippen LogP) is 2.25. The Hall–Kier alpha value is -1.51. The maximum atomic E-state index is 13.7. The van der Waals surface area contributed by atoms with Crippen LogP contribution in [0.2, 0.25) is 0 Å². The van der Waals surface area contributed by atoms with Crippen LogP contribution in [0.4, 0.5) is 10.1 Å². The molecule has 19 heavy (non-hydrogen) atoms. The highest BCUT2D eigenvalue weighted by Gasteiger charge is 2.05. The number of hydrogen-bond donors (Lipinski definition) is 2. The lowest BCUT2D eigenvalue weighted by atomic mass is 10.2. The van der Waals surface area contributed by atoms with Crippen LogP contribution in [0.15, 0.2) is 18.2 Å². The topological polar surface area (TPSA) is 49.3 Å². The van der Waals surface area contributed by atoms with Crippen molar-refractivity contribution >= 4 is 23.4 Å². The van der Waals surface area contributed by atoms with Crippen LogP contribution in [0.3, 0.4) is 0 Å². The van der Waals surface area contributed by atoms with Crippen LogP contribution in [-0.2, 0) is 4.79 Å². The molecule has 1 amide bonds. The summed E-state index contributed by atoms with van der Waals surface area (Å²) >= 11 is 1.58. The fourth-order valence-electron chi connectivity index (χ4n) is 1.33. The van der Waals surface area contributed by atoms with Gasteiger partial charge in [-0.25, -0.2) is 4.39 Å². The molecule has 102 valence electrons. The molecular weight excluding hydrogens is 265 g/mol. The summed E-state index contributed by atoms with van der Waals surface area (Å²) in [6, 6.07) is 4.38. The van der Waals surface area contributed by atoms with Gasteiger partial charge in [-0.05, 0) is 24.5 Å². The molecule has 1 aromatic rings. The van der Waals surface area contributed by atoms with Gasteiger partial charge >= 0.3 is 0 Å². The van der Waals surface area contributed by atoms with Gasteiger partial charge in [0.25, 0.3) is 0 Å². The number of nitrogens with one attached hydrogen (secondary N) is 1. The van der Waals surface area contributed by atoms with Crippen molar-refractivity contribution in [3.8, 4) is 11.8 Å². The largest absolute Gasteiger partial charge is 0.395 e. The van der Waals surface area contributed by atoms with E-state index in [1.165, 1.54) is 12.1 Å². The molecule has 2 N–H and O–H groups in total. The van der Waals surface area contributed by atoms with E-state index in [4.69, 9.17) is 5.11 Å². The van der Waals surface area contributed by atoms with E-state index in [9.17, 15) is 9.18 Å². The molecule has 0 spiro atoms. The van der Waals surface area contributed by atoms with E-state index in [1.54, 1.807) is 17.8 Å². The van der Waals surface area contributed by atoms with Crippen molar-refractivity contribution in [1.29, 1.82) is 0 Å². The van der Waals surface area contributed by atoms with Crippen molar-refractivity contribution in [2.75, 3.05) is 23.9 Å². The number of aliphatic hydroxyl groups is 1. The van der Waals surface area contributed by atoms with Gasteiger partial charge in [-0.2, -0.15) is 11.8 Å². The molecule has 0 aliphatic carbocycles. The van der Waals surface area contributed by atoms with Crippen LogP contribution in [0.25, 0.3) is 0 Å². The van der Waals surface area contributed by atoms with Crippen LogP contribution in [0, 0.1) is 17.7 Å². The van der Waals surface area contributed by atoms with Crippen LogP contribution >= 0.6 is 11.8 Å². The molecule has 0 fully saturated rings. The molecule has 0 saturated heterocycles. The first-order valence-corrected chi connectivity index (χ1v) is 7.25. The number of aliphatic hydroxyl groups excluding tert-OH is 1. The van der Waals surface area contributed by atoms with Gasteiger partial charge in [-0.15, -0.1) is 0 Å². The Labute approximate surface area is 116 Å². The van der Waals surface area contributed by atoms with Gasteiger partial charge < -0.3 is 10.4 Å². The summed E-state index contributed by atoms with van der Waals surface area (Å²) in [4.78, 5) is 11.5. The molecule has 1 rings (SSSR count). The first kappa shape index (κ1) is 15.5. The monoisotopic (exact) mass is 281 g/mol. The first-order chi connectivity index (χ1) is 9.17. The zero-order valence-electron chi connectivity index (χ0n) is 10.7. The molecule has 0 heterocycles. The third-order valence-electron chi connectivity index (χ3n) is 2.25. The molecule has 0 atom stereocenters. The molecule has 5 heteroatoms. The van der Waals surface area contributed by atoms with E-state index in [1.807, 2.05) is 6.26 Å². The Balaban J connectivity index is 2.67. The Morgan fingerprint density at radius 1 is 1.53 bits per heavy atom. The SMILES string of the molecule is CSCCC(=O)Nc1ccc(C#CCCO)c(F)c1. The first-order valence-electron chi connectivity index (χ1n) is 5.85. The summed E-state index contributed by atoms with van der Waals surface area (Å²) in [5, 5.41) is 11.2. The van der Waals surface area contributed by atoms with E-state index in [2.05, 4.69) is 17.2 Å². The normalized spacial score (nSPS) is 9.63. The number of halogens is 1. The minimum atomic E-state index is -0.479. The van der Waals surface area contributed by atoms with Crippen LogP contribution in [0.5, 0.6) is 0 Å². The molecule has 0 saturated carbocycles. The molecule has 0 aromatic heterocycles. The highest BCUT2D eigenvalue weighted by Crippen LogP contribution is 2.14. The average molecular weight is 281 g/mol. The zero-order valence-corrected chi connectivity index (χ0v) is 11.5. The molecular formula is C14H16FNO2S. The summed E-state index contributed by atoms with van der Waals surface area (Å²) in [6.07, 6.45) is 2.64. The van der Waals surface area contributed by atoms with Gasteiger partial charge in [-0.3, -0.25) is 4.79 Å². The third-order valence-corrected chi connectivity index (χ3v) is 2.86. The molecule has 0 aliphatic rings. The van der Waals surface area contributed by atoms with E-state index in [0.29, 0.717) is 18.5 Å². The Bertz CT molecular complexity index is 494. The second kappa shape index (κ2) is 8.57. The van der Waals surface area contributed by atoms with Crippen molar-refractivity contribution in [1.82, 2.24) is 0 Å². The number of carbonyl (C=O) groups excluding carboxylic acids is 1. The van der Waals surface area contributed by atoms with Gasteiger partial charge in [0.15, 0.2) is 0 Å². The van der Waals surface area contributed by atoms with Gasteiger partial charge in [0.05, 0.1) is 12.2 Å². The molecule has 1 aromatic carbocycles. The Morgan fingerprint density at radius 3 is 2.95 bits per heavy atom. The van der Waals surface area contributed by atoms with Gasteiger partial charge in [0, 0.05) is 24.3 Å². The Morgan fingerprint density at radius 2 is 2.32 bits per heavy atom. The van der Waals surface area contributed by atoms with Gasteiger partial charge in [0.1, 0.15) is 5.82 Å². The third kappa shape index (κ3) is 5.77. The minimum absolute atomic E-state index is 0.0435. The van der Waals surface area contributed by atoms with Crippen molar-refractivity contribution in [3.63, 3.8) is 0 Å². The minimum Gasteiger partial charge on any atom is -0.395 e. The number of rotatable bonds is 5. The number of carbonyl (C=O) groups is 1. The number of amides is 1. The second-order valence-electron chi connectivity index (χ2n) is 3.76. The summed E-state index contributed by atoms with van der Waals surface area (Å²) in [7, 11) is 0. The molecule has 0 aliphatic heterocycles. The molecule has 3 nitrogen and oxygen atoms in total. The van der Waals surface area contributed by atoms with Crippen molar-refractivity contribution in [3.05, 3.63) is 29.6 Å². The Kier molecular flexibility index (Phi) is 7.01. The maximum Gasteiger partial charge on any atom is 0.225 e. The summed E-state index contributed by atoms with van der Waals surface area (Å²) in [6.45, 7) is -0.0435. The average Bonchev–Trinajstić information content (AvgIpc) is 2.39. The lowest BCUT2D eigenvalue weighted by molar-refractivity contribution is -0.115. The van der Waals surface area contributed by atoms with E-state index < -0.39 is 5.82 Å². The molecule has 0 unspecified atom stereocenters. The van der Waals surface area contributed by atoms with E-state index in [0.717, 1.165) is 5.75 Å². The zero-order chi connectivity index (χ0) is 14.1. The lowest BCUT2D eigenvalue weighted by Crippen LogP contribution is -2.12. The summed E-state index contributed by atoms with van der Waals surface area (Å²) in [5.41, 5.74) is 0.687. The van der Waals surface area contributed by atoms with Crippen molar-refractivity contribution in [2.45, 2.75) is 12.8 Å². The number of anilines is 1. The smallest absolute Gasteiger partial charge is 0.225 e. The number of thioether (sulfide) groups is 1. The maximum absolute atomic E-state index is 13.7. The fourth-order valence-corrected chi connectivity index (χ4v) is 1.72. The van der Waals surface area contributed by atoms with Gasteiger partial charge in [-0.1, -0.05) is 11.8 Å². The predicted molar refractivity (Wildman–Crippen MR) is 76.6 cm³/mol. The van der Waals surface area contributed by atoms with E-state index in [-0.39, 0.29) is 18.1 Å². The summed E-state index contributed by atoms with van der Waals surface area (Å²) in [5.74, 6) is 5.40. The van der Waals surface area contributed by atoms with Gasteiger partial charge in [0.2, 0.25) is 5.91 Å². The van der Waals surface area contributed by atoms with Crippen molar-refractivity contribution < 1.29 is 14.3 Å². The highest BCUT2D eigenvalue weighted by molar-refractivity contribution is 7.98.